The van der Waals surface area contributed by atoms with Crippen LogP contribution in [0.2, 0.25) is 5.02 Å². The number of carbonyl (C=O) groups is 3. The molecule has 21 heavy (non-hydrogen) atoms. The maximum absolute atomic E-state index is 11.8. The van der Waals surface area contributed by atoms with E-state index in [1.807, 2.05) is 0 Å². The third kappa shape index (κ3) is 5.70. The molecule has 114 valence electrons. The molecule has 0 bridgehead atoms. The minimum atomic E-state index is -1.16. The Bertz CT molecular complexity index is 587. The minimum Gasteiger partial charge on any atom is -0.478 e. The van der Waals surface area contributed by atoms with E-state index in [1.54, 1.807) is 13.8 Å². The number of anilines is 1. The summed E-state index contributed by atoms with van der Waals surface area (Å²) in [6, 6.07) is 3.35. The summed E-state index contributed by atoms with van der Waals surface area (Å²) in [5.74, 6) is -1.70. The molecule has 0 fully saturated rings. The lowest BCUT2D eigenvalue weighted by atomic mass is 10.0. The first-order valence-electron chi connectivity index (χ1n) is 6.00. The van der Waals surface area contributed by atoms with Crippen LogP contribution in [0.25, 0.3) is 0 Å². The summed E-state index contributed by atoms with van der Waals surface area (Å²) in [4.78, 5) is 33.6. The van der Waals surface area contributed by atoms with Gasteiger partial charge in [0, 0.05) is 22.7 Å². The predicted octanol–water partition coefficient (Wildman–Crippen LogP) is 1.81. The van der Waals surface area contributed by atoms with Crippen molar-refractivity contribution in [3.63, 3.8) is 0 Å². The molecule has 0 radical (unpaired) electrons. The number of hydrogen-bond acceptors (Lipinski definition) is 3. The van der Waals surface area contributed by atoms with E-state index in [-0.39, 0.29) is 22.7 Å². The molecule has 8 heteroatoms. The van der Waals surface area contributed by atoms with Gasteiger partial charge in [-0.25, -0.2) is 9.59 Å². The molecule has 1 aromatic rings. The van der Waals surface area contributed by atoms with Crippen LogP contribution in [0, 0.1) is 0 Å². The van der Waals surface area contributed by atoms with Crippen molar-refractivity contribution in [2.75, 3.05) is 5.32 Å². The Labute approximate surface area is 126 Å². The van der Waals surface area contributed by atoms with Crippen molar-refractivity contribution in [2.24, 2.45) is 5.73 Å². The summed E-state index contributed by atoms with van der Waals surface area (Å²) in [5, 5.41) is 14.1. The molecule has 0 aliphatic heterocycles. The first-order chi connectivity index (χ1) is 9.59. The Morgan fingerprint density at radius 1 is 1.29 bits per heavy atom. The van der Waals surface area contributed by atoms with Crippen molar-refractivity contribution in [1.82, 2.24) is 5.32 Å². The van der Waals surface area contributed by atoms with E-state index in [0.717, 1.165) is 0 Å². The highest BCUT2D eigenvalue weighted by Gasteiger charge is 2.23. The molecular formula is C13H16ClN3O4. The molecular weight excluding hydrogens is 298 g/mol. The van der Waals surface area contributed by atoms with Gasteiger partial charge in [0.1, 0.15) is 0 Å². The summed E-state index contributed by atoms with van der Waals surface area (Å²) in [5.41, 5.74) is 4.44. The summed E-state index contributed by atoms with van der Waals surface area (Å²) in [6.07, 6.45) is -0.0314. The number of nitrogens with two attached hydrogens (primary N) is 1. The van der Waals surface area contributed by atoms with Crippen molar-refractivity contribution in [3.8, 4) is 0 Å². The fourth-order valence-corrected chi connectivity index (χ4v) is 1.97. The second kappa shape index (κ2) is 6.45. The Hall–Kier alpha value is -2.28. The van der Waals surface area contributed by atoms with E-state index in [4.69, 9.17) is 22.4 Å². The largest absolute Gasteiger partial charge is 0.478 e. The Morgan fingerprint density at radius 2 is 1.90 bits per heavy atom. The van der Waals surface area contributed by atoms with Gasteiger partial charge in [-0.05, 0) is 32.0 Å². The van der Waals surface area contributed by atoms with Crippen LogP contribution >= 0.6 is 11.6 Å². The topological polar surface area (TPSA) is 122 Å². The predicted molar refractivity (Wildman–Crippen MR) is 78.5 cm³/mol. The average Bonchev–Trinajstić information content (AvgIpc) is 2.24. The van der Waals surface area contributed by atoms with E-state index >= 15 is 0 Å². The van der Waals surface area contributed by atoms with Crippen molar-refractivity contribution >= 4 is 35.2 Å². The lowest BCUT2D eigenvalue weighted by Gasteiger charge is -2.24. The van der Waals surface area contributed by atoms with E-state index in [0.29, 0.717) is 0 Å². The second-order valence-electron chi connectivity index (χ2n) is 5.14. The number of rotatable bonds is 5. The smallest absolute Gasteiger partial charge is 0.335 e. The molecule has 1 aromatic carbocycles. The van der Waals surface area contributed by atoms with Gasteiger partial charge in [0.25, 0.3) is 0 Å². The molecule has 0 atom stereocenters. The van der Waals surface area contributed by atoms with E-state index in [9.17, 15) is 14.4 Å². The Morgan fingerprint density at radius 3 is 2.43 bits per heavy atom. The van der Waals surface area contributed by atoms with Crippen LogP contribution in [0.3, 0.4) is 0 Å². The standard InChI is InChI=1S/C13H16ClN3O4/c1-13(2,6-10(15)18)17-12(21)16-9-4-7(11(19)20)3-8(14)5-9/h3-5H,6H2,1-2H3,(H2,15,18)(H,19,20)(H2,16,17,21). The Kier molecular flexibility index (Phi) is 5.15. The number of carbonyl (C=O) groups excluding carboxylic acids is 2. The highest BCUT2D eigenvalue weighted by Crippen LogP contribution is 2.19. The molecule has 3 amide bonds. The molecule has 0 heterocycles. The number of hydrogen-bond donors (Lipinski definition) is 4. The van der Waals surface area contributed by atoms with Crippen LogP contribution in [-0.2, 0) is 4.79 Å². The fraction of sp³-hybridized carbons (Fsp3) is 0.308. The first kappa shape index (κ1) is 16.8. The zero-order valence-corrected chi connectivity index (χ0v) is 12.3. The van der Waals surface area contributed by atoms with Gasteiger partial charge in [-0.15, -0.1) is 0 Å². The van der Waals surface area contributed by atoms with Crippen LogP contribution in [0.4, 0.5) is 10.5 Å². The maximum Gasteiger partial charge on any atom is 0.335 e. The lowest BCUT2D eigenvalue weighted by molar-refractivity contribution is -0.119. The van der Waals surface area contributed by atoms with Crippen LogP contribution in [0.1, 0.15) is 30.6 Å². The summed E-state index contributed by atoms with van der Waals surface area (Å²) in [6.45, 7) is 3.27. The number of aromatic carboxylic acids is 1. The molecule has 0 saturated heterocycles. The zero-order valence-electron chi connectivity index (χ0n) is 11.6. The Balaban J connectivity index is 2.79. The molecule has 0 aliphatic rings. The zero-order chi connectivity index (χ0) is 16.2. The molecule has 7 nitrogen and oxygen atoms in total. The van der Waals surface area contributed by atoms with Crippen LogP contribution in [0.15, 0.2) is 18.2 Å². The minimum absolute atomic E-state index is 0.0314. The number of amides is 3. The van der Waals surface area contributed by atoms with Gasteiger partial charge in [0.2, 0.25) is 5.91 Å². The van der Waals surface area contributed by atoms with Gasteiger partial charge < -0.3 is 21.5 Å². The molecule has 5 N–H and O–H groups in total. The number of benzene rings is 1. The van der Waals surface area contributed by atoms with Crippen LogP contribution in [-0.4, -0.2) is 28.6 Å². The van der Waals surface area contributed by atoms with Crippen molar-refractivity contribution in [3.05, 3.63) is 28.8 Å². The number of carboxylic acids is 1. The third-order valence-electron chi connectivity index (χ3n) is 2.47. The van der Waals surface area contributed by atoms with Gasteiger partial charge in [-0.1, -0.05) is 11.6 Å². The first-order valence-corrected chi connectivity index (χ1v) is 6.38. The number of halogens is 1. The van der Waals surface area contributed by atoms with Crippen molar-refractivity contribution in [1.29, 1.82) is 0 Å². The normalized spacial score (nSPS) is 10.8. The molecule has 0 aliphatic carbocycles. The molecule has 0 unspecified atom stereocenters. The van der Waals surface area contributed by atoms with Crippen molar-refractivity contribution < 1.29 is 19.5 Å². The van der Waals surface area contributed by atoms with E-state index in [1.165, 1.54) is 18.2 Å². The van der Waals surface area contributed by atoms with Gasteiger partial charge in [0.05, 0.1) is 5.56 Å². The molecule has 0 aromatic heterocycles. The van der Waals surface area contributed by atoms with E-state index < -0.39 is 23.4 Å². The SMILES string of the molecule is CC(C)(CC(N)=O)NC(=O)Nc1cc(Cl)cc(C(=O)O)c1. The quantitative estimate of drug-likeness (QED) is 0.662. The monoisotopic (exact) mass is 313 g/mol. The van der Waals surface area contributed by atoms with E-state index in [2.05, 4.69) is 10.6 Å². The maximum atomic E-state index is 11.8. The average molecular weight is 314 g/mol. The number of primary amides is 1. The fourth-order valence-electron chi connectivity index (χ4n) is 1.73. The van der Waals surface area contributed by atoms with Crippen LogP contribution in [0.5, 0.6) is 0 Å². The lowest BCUT2D eigenvalue weighted by Crippen LogP contribution is -2.47. The highest BCUT2D eigenvalue weighted by molar-refractivity contribution is 6.31. The number of nitrogens with one attached hydrogen (secondary N) is 2. The van der Waals surface area contributed by atoms with Gasteiger partial charge >= 0.3 is 12.0 Å². The van der Waals surface area contributed by atoms with Crippen molar-refractivity contribution in [2.45, 2.75) is 25.8 Å². The highest BCUT2D eigenvalue weighted by atomic mass is 35.5. The third-order valence-corrected chi connectivity index (χ3v) is 2.69. The number of carboxylic acid groups (broad SMARTS) is 1. The van der Waals surface area contributed by atoms with Gasteiger partial charge in [-0.2, -0.15) is 0 Å². The van der Waals surface area contributed by atoms with Crippen LogP contribution < -0.4 is 16.4 Å². The molecule has 0 spiro atoms. The van der Waals surface area contributed by atoms with Gasteiger partial charge in [-0.3, -0.25) is 4.79 Å². The van der Waals surface area contributed by atoms with Gasteiger partial charge in [0.15, 0.2) is 0 Å². The number of urea groups is 1. The second-order valence-corrected chi connectivity index (χ2v) is 5.58. The molecule has 0 saturated carbocycles. The summed E-state index contributed by atoms with van der Waals surface area (Å²) in [7, 11) is 0. The summed E-state index contributed by atoms with van der Waals surface area (Å²) >= 11 is 5.78. The summed E-state index contributed by atoms with van der Waals surface area (Å²) < 4.78 is 0. The molecule has 1 rings (SSSR count).